The lowest BCUT2D eigenvalue weighted by Gasteiger charge is -1.95. The summed E-state index contributed by atoms with van der Waals surface area (Å²) >= 11 is 2.96. The molecule has 0 atom stereocenters. The van der Waals surface area contributed by atoms with E-state index in [1.807, 2.05) is 48.0 Å². The van der Waals surface area contributed by atoms with E-state index < -0.39 is 0 Å². The fourth-order valence-electron chi connectivity index (χ4n) is 2.03. The quantitative estimate of drug-likeness (QED) is 0.489. The first-order chi connectivity index (χ1) is 11.8. The molecule has 24 heavy (non-hydrogen) atoms. The van der Waals surface area contributed by atoms with E-state index in [9.17, 15) is 0 Å². The minimum atomic E-state index is 0.473. The maximum absolute atomic E-state index is 5.66. The summed E-state index contributed by atoms with van der Waals surface area (Å²) < 4.78 is 10.9. The van der Waals surface area contributed by atoms with Gasteiger partial charge in [0.05, 0.1) is 5.75 Å². The van der Waals surface area contributed by atoms with Gasteiger partial charge < -0.3 is 8.94 Å². The van der Waals surface area contributed by atoms with E-state index in [-0.39, 0.29) is 0 Å². The van der Waals surface area contributed by atoms with Crippen molar-refractivity contribution in [2.45, 2.75) is 17.9 Å². The van der Waals surface area contributed by atoms with Gasteiger partial charge in [-0.25, -0.2) is 0 Å². The predicted octanol–water partition coefficient (Wildman–Crippen LogP) is 4.45. The third-order valence-electron chi connectivity index (χ3n) is 3.27. The van der Waals surface area contributed by atoms with E-state index in [0.29, 0.717) is 28.6 Å². The number of rotatable bonds is 5. The Morgan fingerprint density at radius 3 is 2.75 bits per heavy atom. The second-order valence-corrected chi connectivity index (χ2v) is 6.76. The molecule has 0 amide bonds. The van der Waals surface area contributed by atoms with Gasteiger partial charge in [0, 0.05) is 16.5 Å². The predicted molar refractivity (Wildman–Crippen MR) is 91.6 cm³/mol. The normalized spacial score (nSPS) is 11.0. The zero-order chi connectivity index (χ0) is 16.4. The lowest BCUT2D eigenvalue weighted by Crippen LogP contribution is -1.81. The molecule has 0 saturated heterocycles. The maximum atomic E-state index is 5.66. The zero-order valence-electron chi connectivity index (χ0n) is 12.7. The fourth-order valence-corrected chi connectivity index (χ4v) is 3.26. The van der Waals surface area contributed by atoms with Crippen molar-refractivity contribution in [3.63, 3.8) is 0 Å². The molecule has 3 aromatic heterocycles. The van der Waals surface area contributed by atoms with Crippen LogP contribution >= 0.6 is 23.1 Å². The molecule has 120 valence electrons. The van der Waals surface area contributed by atoms with Gasteiger partial charge in [0.1, 0.15) is 0 Å². The SMILES string of the molecule is Cc1ccc(-c2nnc(SCc3nc(-c4ccsc4)no3)o2)cc1. The van der Waals surface area contributed by atoms with E-state index in [4.69, 9.17) is 8.94 Å². The second-order valence-electron chi connectivity index (χ2n) is 5.05. The summed E-state index contributed by atoms with van der Waals surface area (Å²) in [6.07, 6.45) is 0. The fraction of sp³-hybridized carbons (Fsp3) is 0.125. The molecule has 0 unspecified atom stereocenters. The van der Waals surface area contributed by atoms with Crippen molar-refractivity contribution in [3.05, 3.63) is 52.5 Å². The Kier molecular flexibility index (Phi) is 4.14. The van der Waals surface area contributed by atoms with Crippen molar-refractivity contribution in [2.75, 3.05) is 0 Å². The van der Waals surface area contributed by atoms with Crippen LogP contribution in [0.15, 0.2) is 55.3 Å². The van der Waals surface area contributed by atoms with Gasteiger partial charge in [0.2, 0.25) is 17.6 Å². The summed E-state index contributed by atoms with van der Waals surface area (Å²) in [4.78, 5) is 4.36. The molecule has 3 heterocycles. The summed E-state index contributed by atoms with van der Waals surface area (Å²) in [5.74, 6) is 2.10. The van der Waals surface area contributed by atoms with Gasteiger partial charge in [-0.2, -0.15) is 16.3 Å². The molecule has 0 N–H and O–H groups in total. The largest absolute Gasteiger partial charge is 0.411 e. The van der Waals surface area contributed by atoms with Gasteiger partial charge in [0.15, 0.2) is 0 Å². The highest BCUT2D eigenvalue weighted by molar-refractivity contribution is 7.98. The first-order valence-corrected chi connectivity index (χ1v) is 9.09. The van der Waals surface area contributed by atoms with E-state index in [0.717, 1.165) is 11.1 Å². The molecular weight excluding hydrogens is 344 g/mol. The molecule has 8 heteroatoms. The van der Waals surface area contributed by atoms with Crippen LogP contribution in [0.3, 0.4) is 0 Å². The van der Waals surface area contributed by atoms with Gasteiger partial charge in [-0.05, 0) is 30.5 Å². The van der Waals surface area contributed by atoms with Crippen molar-refractivity contribution >= 4 is 23.1 Å². The van der Waals surface area contributed by atoms with Gasteiger partial charge >= 0.3 is 0 Å². The Morgan fingerprint density at radius 1 is 1.08 bits per heavy atom. The summed E-state index contributed by atoms with van der Waals surface area (Å²) in [5.41, 5.74) is 3.04. The van der Waals surface area contributed by atoms with Crippen LogP contribution in [0.2, 0.25) is 0 Å². The van der Waals surface area contributed by atoms with Crippen molar-refractivity contribution in [2.24, 2.45) is 0 Å². The average Bonchev–Trinajstić information content (AvgIpc) is 3.34. The summed E-state index contributed by atoms with van der Waals surface area (Å²) in [7, 11) is 0. The Hall–Kier alpha value is -2.45. The molecule has 1 aromatic carbocycles. The number of nitrogens with zero attached hydrogens (tertiary/aromatic N) is 4. The van der Waals surface area contributed by atoms with Crippen LogP contribution in [0.1, 0.15) is 11.5 Å². The molecular formula is C16H12N4O2S2. The molecule has 0 aliphatic heterocycles. The monoisotopic (exact) mass is 356 g/mol. The molecule has 6 nitrogen and oxygen atoms in total. The standard InChI is InChI=1S/C16H12N4O2S2/c1-10-2-4-11(5-3-10)15-18-19-16(21-15)24-9-13-17-14(20-22-13)12-6-7-23-8-12/h2-8H,9H2,1H3. The van der Waals surface area contributed by atoms with Crippen LogP contribution in [0.4, 0.5) is 0 Å². The Balaban J connectivity index is 1.42. The highest BCUT2D eigenvalue weighted by atomic mass is 32.2. The average molecular weight is 356 g/mol. The number of hydrogen-bond donors (Lipinski definition) is 0. The molecule has 4 rings (SSSR count). The second kappa shape index (κ2) is 6.58. The molecule has 0 fully saturated rings. The molecule has 0 radical (unpaired) electrons. The van der Waals surface area contributed by atoms with Gasteiger partial charge in [-0.15, -0.1) is 10.2 Å². The van der Waals surface area contributed by atoms with Gasteiger partial charge in [-0.1, -0.05) is 34.6 Å². The van der Waals surface area contributed by atoms with Gasteiger partial charge in [0.25, 0.3) is 5.22 Å². The van der Waals surface area contributed by atoms with Crippen LogP contribution in [-0.2, 0) is 5.75 Å². The molecule has 0 spiro atoms. The Labute approximate surface area is 145 Å². The molecule has 0 aliphatic rings. The first-order valence-electron chi connectivity index (χ1n) is 7.16. The third kappa shape index (κ3) is 3.24. The molecule has 4 aromatic rings. The van der Waals surface area contributed by atoms with E-state index in [2.05, 4.69) is 20.3 Å². The summed E-state index contributed by atoms with van der Waals surface area (Å²) in [6.45, 7) is 2.04. The number of benzene rings is 1. The minimum Gasteiger partial charge on any atom is -0.411 e. The highest BCUT2D eigenvalue weighted by Gasteiger charge is 2.13. The molecule has 0 aliphatic carbocycles. The highest BCUT2D eigenvalue weighted by Crippen LogP contribution is 2.26. The van der Waals surface area contributed by atoms with Crippen molar-refractivity contribution in [3.8, 4) is 22.8 Å². The number of thiophene rings is 1. The zero-order valence-corrected chi connectivity index (χ0v) is 14.3. The number of aromatic nitrogens is 4. The lowest BCUT2D eigenvalue weighted by molar-refractivity contribution is 0.391. The van der Waals surface area contributed by atoms with Crippen molar-refractivity contribution in [1.82, 2.24) is 20.3 Å². The molecule has 0 saturated carbocycles. The Morgan fingerprint density at radius 2 is 1.96 bits per heavy atom. The van der Waals surface area contributed by atoms with Crippen molar-refractivity contribution < 1.29 is 8.94 Å². The van der Waals surface area contributed by atoms with E-state index >= 15 is 0 Å². The molecule has 0 bridgehead atoms. The lowest BCUT2D eigenvalue weighted by atomic mass is 10.1. The summed E-state index contributed by atoms with van der Waals surface area (Å²) in [5, 5.41) is 16.5. The summed E-state index contributed by atoms with van der Waals surface area (Å²) in [6, 6.07) is 9.90. The maximum Gasteiger partial charge on any atom is 0.277 e. The van der Waals surface area contributed by atoms with Crippen LogP contribution in [0.25, 0.3) is 22.8 Å². The minimum absolute atomic E-state index is 0.473. The van der Waals surface area contributed by atoms with Crippen LogP contribution in [-0.4, -0.2) is 20.3 Å². The first kappa shape index (κ1) is 15.1. The third-order valence-corrected chi connectivity index (χ3v) is 4.76. The number of hydrogen-bond acceptors (Lipinski definition) is 8. The van der Waals surface area contributed by atoms with E-state index in [1.165, 1.54) is 17.3 Å². The van der Waals surface area contributed by atoms with Crippen LogP contribution in [0.5, 0.6) is 0 Å². The number of aryl methyl sites for hydroxylation is 1. The Bertz CT molecular complexity index is 929. The van der Waals surface area contributed by atoms with Crippen LogP contribution in [0, 0.1) is 6.92 Å². The van der Waals surface area contributed by atoms with Crippen molar-refractivity contribution in [1.29, 1.82) is 0 Å². The van der Waals surface area contributed by atoms with Gasteiger partial charge in [-0.3, -0.25) is 0 Å². The van der Waals surface area contributed by atoms with E-state index in [1.54, 1.807) is 11.3 Å². The van der Waals surface area contributed by atoms with Crippen LogP contribution < -0.4 is 0 Å². The topological polar surface area (TPSA) is 77.8 Å². The smallest absolute Gasteiger partial charge is 0.277 e. The number of thioether (sulfide) groups is 1.